The quantitative estimate of drug-likeness (QED) is 0.642. The fourth-order valence-electron chi connectivity index (χ4n) is 2.44. The lowest BCUT2D eigenvalue weighted by Crippen LogP contribution is -2.58. The predicted molar refractivity (Wildman–Crippen MR) is 59.9 cm³/mol. The van der Waals surface area contributed by atoms with E-state index in [0.717, 1.165) is 26.2 Å². The molecule has 4 nitrogen and oxygen atoms in total. The smallest absolute Gasteiger partial charge is 0.320 e. The molecular weight excluding hydrogens is 190 g/mol. The first-order chi connectivity index (χ1) is 7.09. The fraction of sp³-hybridized carbons (Fsp3) is 0.909. The number of piperazine rings is 1. The Morgan fingerprint density at radius 2 is 2.00 bits per heavy atom. The van der Waals surface area contributed by atoms with E-state index in [0.29, 0.717) is 0 Å². The van der Waals surface area contributed by atoms with E-state index in [9.17, 15) is 4.79 Å². The molecule has 1 heterocycles. The molecule has 0 atom stereocenters. The van der Waals surface area contributed by atoms with E-state index in [1.165, 1.54) is 12.8 Å². The highest BCUT2D eigenvalue weighted by Crippen LogP contribution is 2.44. The Morgan fingerprint density at radius 1 is 1.33 bits per heavy atom. The van der Waals surface area contributed by atoms with E-state index in [-0.39, 0.29) is 11.6 Å². The van der Waals surface area contributed by atoms with Gasteiger partial charge < -0.3 is 9.80 Å². The summed E-state index contributed by atoms with van der Waals surface area (Å²) < 4.78 is 0. The van der Waals surface area contributed by atoms with Crippen LogP contribution in [0.5, 0.6) is 0 Å². The Hall–Kier alpha value is -0.770. The third-order valence-corrected chi connectivity index (χ3v) is 3.62. The van der Waals surface area contributed by atoms with E-state index >= 15 is 0 Å². The zero-order valence-electron chi connectivity index (χ0n) is 9.99. The maximum atomic E-state index is 12.0. The molecule has 1 aliphatic heterocycles. The van der Waals surface area contributed by atoms with Crippen LogP contribution in [0.4, 0.5) is 4.79 Å². The van der Waals surface area contributed by atoms with Gasteiger partial charge in [0, 0.05) is 33.7 Å². The molecule has 1 spiro atoms. The number of amides is 2. The van der Waals surface area contributed by atoms with Gasteiger partial charge in [0.1, 0.15) is 0 Å². The molecule has 1 saturated heterocycles. The maximum absolute atomic E-state index is 12.0. The van der Waals surface area contributed by atoms with Gasteiger partial charge in [0.05, 0.1) is 5.54 Å². The largest absolute Gasteiger partial charge is 0.331 e. The average Bonchev–Trinajstić information content (AvgIpc) is 2.97. The van der Waals surface area contributed by atoms with Crippen molar-refractivity contribution in [2.24, 2.45) is 0 Å². The van der Waals surface area contributed by atoms with Crippen molar-refractivity contribution in [3.8, 4) is 0 Å². The maximum Gasteiger partial charge on any atom is 0.320 e. The van der Waals surface area contributed by atoms with Gasteiger partial charge in [-0.2, -0.15) is 0 Å². The summed E-state index contributed by atoms with van der Waals surface area (Å²) in [6.45, 7) is 6.29. The predicted octanol–water partition coefficient (Wildman–Crippen LogP) is 0.838. The van der Waals surface area contributed by atoms with Crippen LogP contribution in [0.1, 0.15) is 19.8 Å². The highest BCUT2D eigenvalue weighted by atomic mass is 16.2. The monoisotopic (exact) mass is 211 g/mol. The second-order valence-electron chi connectivity index (χ2n) is 4.92. The fourth-order valence-corrected chi connectivity index (χ4v) is 2.44. The molecule has 4 heteroatoms. The Labute approximate surface area is 91.8 Å². The van der Waals surface area contributed by atoms with Crippen LogP contribution >= 0.6 is 0 Å². The van der Waals surface area contributed by atoms with Crippen LogP contribution in [-0.2, 0) is 0 Å². The van der Waals surface area contributed by atoms with Gasteiger partial charge in [-0.25, -0.2) is 4.79 Å². The summed E-state index contributed by atoms with van der Waals surface area (Å²) in [6, 6.07) is 0.184. The number of rotatable bonds is 1. The molecule has 0 N–H and O–H groups in total. The molecule has 0 bridgehead atoms. The molecule has 2 rings (SSSR count). The molecule has 86 valence electrons. The number of carbonyl (C=O) groups is 1. The van der Waals surface area contributed by atoms with Crippen LogP contribution in [0, 0.1) is 0 Å². The minimum Gasteiger partial charge on any atom is -0.331 e. The van der Waals surface area contributed by atoms with Gasteiger partial charge in [0.25, 0.3) is 0 Å². The minimum absolute atomic E-state index is 0.184. The summed E-state index contributed by atoms with van der Waals surface area (Å²) >= 11 is 0. The average molecular weight is 211 g/mol. The standard InChI is InChI=1S/C11H21N3O/c1-4-13-7-8-14(10(15)12(2)3)11(9-13)5-6-11/h4-9H2,1-3H3. The van der Waals surface area contributed by atoms with Crippen LogP contribution in [0.25, 0.3) is 0 Å². The van der Waals surface area contributed by atoms with Crippen molar-refractivity contribution < 1.29 is 4.79 Å². The Kier molecular flexibility index (Phi) is 2.63. The first-order valence-electron chi connectivity index (χ1n) is 5.80. The van der Waals surface area contributed by atoms with Crippen molar-refractivity contribution in [3.63, 3.8) is 0 Å². The number of hydrogen-bond donors (Lipinski definition) is 0. The summed E-state index contributed by atoms with van der Waals surface area (Å²) in [6.07, 6.45) is 2.37. The van der Waals surface area contributed by atoms with Crippen molar-refractivity contribution in [2.45, 2.75) is 25.3 Å². The van der Waals surface area contributed by atoms with E-state index in [1.807, 2.05) is 14.1 Å². The second-order valence-corrected chi connectivity index (χ2v) is 4.92. The number of hydrogen-bond acceptors (Lipinski definition) is 2. The van der Waals surface area contributed by atoms with Gasteiger partial charge in [-0.15, -0.1) is 0 Å². The molecule has 0 aromatic rings. The summed E-state index contributed by atoms with van der Waals surface area (Å²) in [5, 5.41) is 0. The summed E-state index contributed by atoms with van der Waals surface area (Å²) in [5.41, 5.74) is 0.190. The van der Waals surface area contributed by atoms with Crippen molar-refractivity contribution >= 4 is 6.03 Å². The van der Waals surface area contributed by atoms with E-state index in [2.05, 4.69) is 16.7 Å². The lowest BCUT2D eigenvalue weighted by atomic mass is 10.1. The van der Waals surface area contributed by atoms with E-state index in [4.69, 9.17) is 0 Å². The van der Waals surface area contributed by atoms with Crippen LogP contribution in [0.15, 0.2) is 0 Å². The lowest BCUT2D eigenvalue weighted by molar-refractivity contribution is 0.0724. The first-order valence-corrected chi connectivity index (χ1v) is 5.80. The third-order valence-electron chi connectivity index (χ3n) is 3.62. The molecule has 15 heavy (non-hydrogen) atoms. The Balaban J connectivity index is 2.05. The van der Waals surface area contributed by atoms with Gasteiger partial charge in [0.2, 0.25) is 0 Å². The van der Waals surface area contributed by atoms with Crippen molar-refractivity contribution in [1.82, 2.24) is 14.7 Å². The molecular formula is C11H21N3O. The molecule has 0 aromatic carbocycles. The highest BCUT2D eigenvalue weighted by molar-refractivity contribution is 5.75. The van der Waals surface area contributed by atoms with Gasteiger partial charge in [0.15, 0.2) is 0 Å². The van der Waals surface area contributed by atoms with Gasteiger partial charge >= 0.3 is 6.03 Å². The number of nitrogens with zero attached hydrogens (tertiary/aromatic N) is 3. The van der Waals surface area contributed by atoms with Crippen LogP contribution in [0.2, 0.25) is 0 Å². The normalized spacial score (nSPS) is 24.3. The summed E-state index contributed by atoms with van der Waals surface area (Å²) in [4.78, 5) is 18.2. The molecule has 1 aliphatic carbocycles. The highest BCUT2D eigenvalue weighted by Gasteiger charge is 2.53. The third kappa shape index (κ3) is 1.83. The number of likely N-dealkylation sites (N-methyl/N-ethyl adjacent to an activating group) is 1. The van der Waals surface area contributed by atoms with Gasteiger partial charge in [-0.05, 0) is 19.4 Å². The SMILES string of the molecule is CCN1CCN(C(=O)N(C)C)C2(CC2)C1. The summed E-state index contributed by atoms with van der Waals surface area (Å²) in [7, 11) is 3.68. The molecule has 2 aliphatic rings. The van der Waals surface area contributed by atoms with E-state index in [1.54, 1.807) is 4.90 Å². The molecule has 0 unspecified atom stereocenters. The Bertz CT molecular complexity index is 261. The van der Waals surface area contributed by atoms with Crippen molar-refractivity contribution in [1.29, 1.82) is 0 Å². The van der Waals surface area contributed by atoms with Gasteiger partial charge in [-0.3, -0.25) is 4.90 Å². The number of carbonyl (C=O) groups excluding carboxylic acids is 1. The zero-order valence-corrected chi connectivity index (χ0v) is 9.99. The Morgan fingerprint density at radius 3 is 2.47 bits per heavy atom. The summed E-state index contributed by atoms with van der Waals surface area (Å²) in [5.74, 6) is 0. The molecule has 2 amide bonds. The molecule has 2 fully saturated rings. The van der Waals surface area contributed by atoms with Crippen LogP contribution in [-0.4, -0.2) is 66.5 Å². The minimum atomic E-state index is 0.184. The van der Waals surface area contributed by atoms with Crippen LogP contribution < -0.4 is 0 Å². The topological polar surface area (TPSA) is 26.8 Å². The van der Waals surface area contributed by atoms with Gasteiger partial charge in [-0.1, -0.05) is 6.92 Å². The van der Waals surface area contributed by atoms with Crippen molar-refractivity contribution in [2.75, 3.05) is 40.3 Å². The number of urea groups is 1. The lowest BCUT2D eigenvalue weighted by Gasteiger charge is -2.42. The van der Waals surface area contributed by atoms with Crippen LogP contribution in [0.3, 0.4) is 0 Å². The second kappa shape index (κ2) is 3.67. The zero-order chi connectivity index (χ0) is 11.1. The molecule has 0 radical (unpaired) electrons. The first kappa shape index (κ1) is 10.7. The van der Waals surface area contributed by atoms with E-state index < -0.39 is 0 Å². The van der Waals surface area contributed by atoms with Crippen molar-refractivity contribution in [3.05, 3.63) is 0 Å². The molecule has 0 aromatic heterocycles. The molecule has 1 saturated carbocycles.